The van der Waals surface area contributed by atoms with Gasteiger partial charge in [-0.3, -0.25) is 0 Å². The summed E-state index contributed by atoms with van der Waals surface area (Å²) >= 11 is 0. The zero-order valence-electron chi connectivity index (χ0n) is 12.1. The first-order chi connectivity index (χ1) is 10.3. The Bertz CT molecular complexity index is 585. The Labute approximate surface area is 125 Å². The molecule has 0 radical (unpaired) electrons. The van der Waals surface area contributed by atoms with Crippen LogP contribution in [0.25, 0.3) is 0 Å². The smallest absolute Gasteiger partial charge is 0.0588 e. The zero-order valence-corrected chi connectivity index (χ0v) is 12.1. The van der Waals surface area contributed by atoms with Gasteiger partial charge < -0.3 is 16.2 Å². The summed E-state index contributed by atoms with van der Waals surface area (Å²) < 4.78 is 0. The molecule has 3 atom stereocenters. The highest BCUT2D eigenvalue weighted by Crippen LogP contribution is 2.37. The Hall–Kier alpha value is -1.68. The van der Waals surface area contributed by atoms with Gasteiger partial charge in [0.25, 0.3) is 0 Å². The molecule has 0 aromatic heterocycles. The topological polar surface area (TPSA) is 58.3 Å². The van der Waals surface area contributed by atoms with Crippen LogP contribution in [-0.4, -0.2) is 17.8 Å². The lowest BCUT2D eigenvalue weighted by Gasteiger charge is -2.22. The standard InChI is InChI=1S/C18H22N2O/c19-17-11-18(16-9-5-4-8-15(16)17)20-14(12-21)10-13-6-2-1-3-7-13/h1-9,14,17-18,20-21H,10-12,19H2. The van der Waals surface area contributed by atoms with Crippen LogP contribution >= 0.6 is 0 Å². The number of hydrogen-bond donors (Lipinski definition) is 3. The summed E-state index contributed by atoms with van der Waals surface area (Å²) in [5, 5.41) is 13.2. The second-order valence-electron chi connectivity index (χ2n) is 5.76. The van der Waals surface area contributed by atoms with Gasteiger partial charge in [0, 0.05) is 18.1 Å². The molecule has 0 aliphatic heterocycles. The molecule has 4 N–H and O–H groups in total. The fraction of sp³-hybridized carbons (Fsp3) is 0.333. The Kier molecular flexibility index (Phi) is 4.34. The van der Waals surface area contributed by atoms with E-state index in [1.165, 1.54) is 16.7 Å². The number of nitrogens with two attached hydrogens (primary N) is 1. The summed E-state index contributed by atoms with van der Waals surface area (Å²) in [7, 11) is 0. The maximum absolute atomic E-state index is 9.67. The van der Waals surface area contributed by atoms with Crippen molar-refractivity contribution in [2.24, 2.45) is 5.73 Å². The second kappa shape index (κ2) is 6.39. The number of fused-ring (bicyclic) bond motifs is 1. The first kappa shape index (κ1) is 14.3. The second-order valence-corrected chi connectivity index (χ2v) is 5.76. The number of aliphatic hydroxyl groups is 1. The normalized spacial score (nSPS) is 22.0. The predicted molar refractivity (Wildman–Crippen MR) is 84.9 cm³/mol. The lowest BCUT2D eigenvalue weighted by Crippen LogP contribution is -2.36. The summed E-state index contributed by atoms with van der Waals surface area (Å²) in [6, 6.07) is 19.0. The average Bonchev–Trinajstić information content (AvgIpc) is 2.84. The molecule has 110 valence electrons. The van der Waals surface area contributed by atoms with E-state index in [2.05, 4.69) is 35.6 Å². The van der Waals surface area contributed by atoms with Crippen molar-refractivity contribution in [1.29, 1.82) is 0 Å². The van der Waals surface area contributed by atoms with E-state index < -0.39 is 0 Å². The van der Waals surface area contributed by atoms with Crippen LogP contribution in [0.1, 0.15) is 35.2 Å². The van der Waals surface area contributed by atoms with Gasteiger partial charge in [-0.05, 0) is 29.5 Å². The first-order valence-corrected chi connectivity index (χ1v) is 7.53. The van der Waals surface area contributed by atoms with Gasteiger partial charge in [0.15, 0.2) is 0 Å². The van der Waals surface area contributed by atoms with Crippen molar-refractivity contribution in [2.75, 3.05) is 6.61 Å². The Balaban J connectivity index is 1.71. The van der Waals surface area contributed by atoms with E-state index in [1.807, 2.05) is 24.3 Å². The molecule has 2 aromatic rings. The number of hydrogen-bond acceptors (Lipinski definition) is 3. The maximum Gasteiger partial charge on any atom is 0.0588 e. The van der Waals surface area contributed by atoms with Crippen molar-refractivity contribution >= 4 is 0 Å². The molecule has 1 aliphatic carbocycles. The lowest BCUT2D eigenvalue weighted by molar-refractivity contribution is 0.229. The third kappa shape index (κ3) is 3.16. The molecule has 3 unspecified atom stereocenters. The monoisotopic (exact) mass is 282 g/mol. The number of benzene rings is 2. The molecule has 1 aliphatic rings. The zero-order chi connectivity index (χ0) is 14.7. The molecule has 21 heavy (non-hydrogen) atoms. The highest BCUT2D eigenvalue weighted by Gasteiger charge is 2.29. The van der Waals surface area contributed by atoms with Gasteiger partial charge in [-0.15, -0.1) is 0 Å². The van der Waals surface area contributed by atoms with Crippen LogP contribution in [0.2, 0.25) is 0 Å². The van der Waals surface area contributed by atoms with E-state index >= 15 is 0 Å². The van der Waals surface area contributed by atoms with E-state index in [1.54, 1.807) is 0 Å². The maximum atomic E-state index is 9.67. The minimum Gasteiger partial charge on any atom is -0.395 e. The van der Waals surface area contributed by atoms with Gasteiger partial charge in [-0.1, -0.05) is 54.6 Å². The predicted octanol–water partition coefficient (Wildman–Crippen LogP) is 2.32. The Morgan fingerprint density at radius 1 is 1.05 bits per heavy atom. The molecule has 0 fully saturated rings. The number of rotatable bonds is 5. The summed E-state index contributed by atoms with van der Waals surface area (Å²) in [6.07, 6.45) is 1.72. The van der Waals surface area contributed by atoms with E-state index in [0.29, 0.717) is 0 Å². The van der Waals surface area contributed by atoms with Gasteiger partial charge >= 0.3 is 0 Å². The third-order valence-corrected chi connectivity index (χ3v) is 4.24. The minimum absolute atomic E-state index is 0.0516. The van der Waals surface area contributed by atoms with E-state index in [-0.39, 0.29) is 24.7 Å². The summed E-state index contributed by atoms with van der Waals surface area (Å²) in [4.78, 5) is 0. The summed E-state index contributed by atoms with van der Waals surface area (Å²) in [6.45, 7) is 0.128. The Morgan fingerprint density at radius 3 is 2.43 bits per heavy atom. The number of nitrogens with one attached hydrogen (secondary N) is 1. The van der Waals surface area contributed by atoms with Crippen molar-refractivity contribution in [3.05, 3.63) is 71.3 Å². The van der Waals surface area contributed by atoms with Crippen molar-refractivity contribution in [3.8, 4) is 0 Å². The van der Waals surface area contributed by atoms with Crippen LogP contribution in [0, 0.1) is 0 Å². The van der Waals surface area contributed by atoms with E-state index in [9.17, 15) is 5.11 Å². The van der Waals surface area contributed by atoms with Crippen molar-refractivity contribution in [3.63, 3.8) is 0 Å². The summed E-state index contributed by atoms with van der Waals surface area (Å²) in [5.41, 5.74) is 9.94. The van der Waals surface area contributed by atoms with Crippen LogP contribution in [-0.2, 0) is 6.42 Å². The quantitative estimate of drug-likeness (QED) is 0.789. The van der Waals surface area contributed by atoms with Crippen molar-refractivity contribution < 1.29 is 5.11 Å². The van der Waals surface area contributed by atoms with Gasteiger partial charge in [-0.2, -0.15) is 0 Å². The van der Waals surface area contributed by atoms with E-state index in [0.717, 1.165) is 12.8 Å². The molecule has 0 amide bonds. The third-order valence-electron chi connectivity index (χ3n) is 4.24. The molecule has 3 rings (SSSR count). The molecule has 0 saturated carbocycles. The fourth-order valence-corrected chi connectivity index (χ4v) is 3.19. The van der Waals surface area contributed by atoms with Crippen LogP contribution in [0.3, 0.4) is 0 Å². The molecule has 0 bridgehead atoms. The van der Waals surface area contributed by atoms with E-state index in [4.69, 9.17) is 5.73 Å². The van der Waals surface area contributed by atoms with Crippen LogP contribution in [0.15, 0.2) is 54.6 Å². The first-order valence-electron chi connectivity index (χ1n) is 7.53. The lowest BCUT2D eigenvalue weighted by atomic mass is 10.0. The Morgan fingerprint density at radius 2 is 1.71 bits per heavy atom. The molecule has 2 aromatic carbocycles. The largest absolute Gasteiger partial charge is 0.395 e. The van der Waals surface area contributed by atoms with Crippen molar-refractivity contribution in [1.82, 2.24) is 5.32 Å². The summed E-state index contributed by atoms with van der Waals surface area (Å²) in [5.74, 6) is 0. The SMILES string of the molecule is NC1CC(NC(CO)Cc2ccccc2)c2ccccc21. The van der Waals surface area contributed by atoms with Crippen LogP contribution < -0.4 is 11.1 Å². The van der Waals surface area contributed by atoms with Crippen LogP contribution in [0.4, 0.5) is 0 Å². The molecule has 0 spiro atoms. The van der Waals surface area contributed by atoms with Gasteiger partial charge in [-0.25, -0.2) is 0 Å². The number of aliphatic hydroxyl groups excluding tert-OH is 1. The van der Waals surface area contributed by atoms with Gasteiger partial charge in [0.1, 0.15) is 0 Å². The molecular formula is C18H22N2O. The minimum atomic E-state index is 0.0516. The molecule has 0 saturated heterocycles. The van der Waals surface area contributed by atoms with Gasteiger partial charge in [0.05, 0.1) is 6.61 Å². The molecule has 3 nitrogen and oxygen atoms in total. The highest BCUT2D eigenvalue weighted by atomic mass is 16.3. The molecule has 3 heteroatoms. The average molecular weight is 282 g/mol. The van der Waals surface area contributed by atoms with Crippen molar-refractivity contribution in [2.45, 2.75) is 31.0 Å². The molecular weight excluding hydrogens is 260 g/mol. The fourth-order valence-electron chi connectivity index (χ4n) is 3.19. The highest BCUT2D eigenvalue weighted by molar-refractivity contribution is 5.37. The van der Waals surface area contributed by atoms with Gasteiger partial charge in [0.2, 0.25) is 0 Å². The molecule has 0 heterocycles. The van der Waals surface area contributed by atoms with Crippen LogP contribution in [0.5, 0.6) is 0 Å².